The minimum atomic E-state index is 0.512. The van der Waals surface area contributed by atoms with Gasteiger partial charge < -0.3 is 11.1 Å². The van der Waals surface area contributed by atoms with Gasteiger partial charge in [-0.15, -0.1) is 0 Å². The molecule has 0 unspecified atom stereocenters. The van der Waals surface area contributed by atoms with Crippen LogP contribution in [0.5, 0.6) is 0 Å². The minimum absolute atomic E-state index is 0.512. The summed E-state index contributed by atoms with van der Waals surface area (Å²) in [7, 11) is 0. The van der Waals surface area contributed by atoms with Gasteiger partial charge in [-0.25, -0.2) is 0 Å². The largest absolute Gasteiger partial charge is 0.399 e. The Hall–Kier alpha value is -0.650. The number of anilines is 3. The maximum atomic E-state index is 6.15. The highest BCUT2D eigenvalue weighted by atomic mass is 127. The number of halogens is 3. The van der Waals surface area contributed by atoms with Crippen molar-refractivity contribution in [2.24, 2.45) is 0 Å². The molecule has 0 aromatic heterocycles. The van der Waals surface area contributed by atoms with Crippen molar-refractivity contribution >= 4 is 62.9 Å². The summed E-state index contributed by atoms with van der Waals surface area (Å²) in [5.41, 5.74) is 9.01. The van der Waals surface area contributed by atoms with Crippen molar-refractivity contribution in [3.05, 3.63) is 49.5 Å². The number of aryl methyl sites for hydroxylation is 1. The van der Waals surface area contributed by atoms with Crippen LogP contribution < -0.4 is 11.1 Å². The van der Waals surface area contributed by atoms with Crippen molar-refractivity contribution in [2.45, 2.75) is 6.92 Å². The van der Waals surface area contributed by atoms with Crippen molar-refractivity contribution in [1.29, 1.82) is 0 Å². The van der Waals surface area contributed by atoms with E-state index in [1.54, 1.807) is 12.1 Å². The SMILES string of the molecule is Cc1ccc(I)cc1Nc1c(Cl)cc(N)cc1Cl. The summed E-state index contributed by atoms with van der Waals surface area (Å²) < 4.78 is 1.14. The van der Waals surface area contributed by atoms with E-state index in [0.29, 0.717) is 21.4 Å². The number of hydrogen-bond acceptors (Lipinski definition) is 2. The van der Waals surface area contributed by atoms with Crippen molar-refractivity contribution in [1.82, 2.24) is 0 Å². The summed E-state index contributed by atoms with van der Waals surface area (Å²) in [6.45, 7) is 2.03. The standard InChI is InChI=1S/C13H11Cl2IN2/c1-7-2-3-8(16)4-12(7)18-13-10(14)5-9(17)6-11(13)15/h2-6,18H,17H2,1H3. The van der Waals surface area contributed by atoms with Gasteiger partial charge >= 0.3 is 0 Å². The molecule has 0 fully saturated rings. The number of nitrogen functional groups attached to an aromatic ring is 1. The van der Waals surface area contributed by atoms with E-state index in [1.807, 2.05) is 25.1 Å². The van der Waals surface area contributed by atoms with E-state index in [2.05, 4.69) is 27.9 Å². The van der Waals surface area contributed by atoms with Gasteiger partial charge in [0.15, 0.2) is 0 Å². The van der Waals surface area contributed by atoms with Gasteiger partial charge in [0.05, 0.1) is 15.7 Å². The molecule has 2 rings (SSSR count). The van der Waals surface area contributed by atoms with E-state index in [0.717, 1.165) is 14.8 Å². The van der Waals surface area contributed by atoms with Crippen molar-refractivity contribution in [3.8, 4) is 0 Å². The van der Waals surface area contributed by atoms with Gasteiger partial charge in [0.25, 0.3) is 0 Å². The Balaban J connectivity index is 2.43. The first-order chi connectivity index (χ1) is 8.47. The second kappa shape index (κ2) is 5.55. The molecule has 2 aromatic rings. The molecule has 94 valence electrons. The number of rotatable bonds is 2. The molecule has 0 aliphatic heterocycles. The monoisotopic (exact) mass is 392 g/mol. The highest BCUT2D eigenvalue weighted by Crippen LogP contribution is 2.36. The Morgan fingerprint density at radius 3 is 2.33 bits per heavy atom. The van der Waals surface area contributed by atoms with Crippen molar-refractivity contribution < 1.29 is 0 Å². The van der Waals surface area contributed by atoms with Crippen LogP contribution in [-0.4, -0.2) is 0 Å². The average molecular weight is 393 g/mol. The summed E-state index contributed by atoms with van der Waals surface area (Å²) in [4.78, 5) is 0. The van der Waals surface area contributed by atoms with Crippen molar-refractivity contribution in [3.63, 3.8) is 0 Å². The number of hydrogen-bond donors (Lipinski definition) is 2. The number of benzene rings is 2. The normalized spacial score (nSPS) is 10.4. The first-order valence-electron chi connectivity index (χ1n) is 5.25. The summed E-state index contributed by atoms with van der Waals surface area (Å²) in [5, 5.41) is 4.28. The Labute approximate surface area is 130 Å². The second-order valence-corrected chi connectivity index (χ2v) is 6.00. The van der Waals surface area contributed by atoms with Crippen LogP contribution in [0, 0.1) is 10.5 Å². The lowest BCUT2D eigenvalue weighted by atomic mass is 10.2. The molecule has 18 heavy (non-hydrogen) atoms. The topological polar surface area (TPSA) is 38.0 Å². The molecule has 0 spiro atoms. The first-order valence-corrected chi connectivity index (χ1v) is 7.08. The molecule has 0 heterocycles. The Morgan fingerprint density at radius 2 is 1.72 bits per heavy atom. The van der Waals surface area contributed by atoms with Crippen LogP contribution in [0.25, 0.3) is 0 Å². The zero-order chi connectivity index (χ0) is 13.3. The fourth-order valence-electron chi connectivity index (χ4n) is 1.58. The van der Waals surface area contributed by atoms with Gasteiger partial charge in [-0.3, -0.25) is 0 Å². The van der Waals surface area contributed by atoms with E-state index in [-0.39, 0.29) is 0 Å². The first kappa shape index (κ1) is 13.8. The fourth-order valence-corrected chi connectivity index (χ4v) is 2.67. The second-order valence-electron chi connectivity index (χ2n) is 3.94. The van der Waals surface area contributed by atoms with Gasteiger partial charge in [-0.1, -0.05) is 29.3 Å². The van der Waals surface area contributed by atoms with Gasteiger partial charge in [-0.05, 0) is 59.3 Å². The maximum absolute atomic E-state index is 6.15. The van der Waals surface area contributed by atoms with E-state index in [4.69, 9.17) is 28.9 Å². The van der Waals surface area contributed by atoms with Gasteiger partial charge in [0.2, 0.25) is 0 Å². The molecule has 0 amide bonds. The third kappa shape index (κ3) is 3.02. The Morgan fingerprint density at radius 1 is 1.11 bits per heavy atom. The summed E-state index contributed by atoms with van der Waals surface area (Å²) in [6, 6.07) is 9.49. The lowest BCUT2D eigenvalue weighted by Gasteiger charge is -2.13. The van der Waals surface area contributed by atoms with E-state index >= 15 is 0 Å². The summed E-state index contributed by atoms with van der Waals surface area (Å²) in [5.74, 6) is 0. The molecular weight excluding hydrogens is 382 g/mol. The number of nitrogens with two attached hydrogens (primary N) is 1. The van der Waals surface area contributed by atoms with Crippen LogP contribution in [0.2, 0.25) is 10.0 Å². The molecule has 0 aliphatic rings. The van der Waals surface area contributed by atoms with Crippen LogP contribution >= 0.6 is 45.8 Å². The van der Waals surface area contributed by atoms with Gasteiger partial charge in [0.1, 0.15) is 0 Å². The third-order valence-electron chi connectivity index (χ3n) is 2.52. The molecule has 0 bridgehead atoms. The molecule has 2 nitrogen and oxygen atoms in total. The molecule has 0 saturated carbocycles. The van der Waals surface area contributed by atoms with Gasteiger partial charge in [0, 0.05) is 14.9 Å². The molecule has 5 heteroatoms. The fraction of sp³-hybridized carbons (Fsp3) is 0.0769. The van der Waals surface area contributed by atoms with Gasteiger partial charge in [-0.2, -0.15) is 0 Å². The Kier molecular flexibility index (Phi) is 4.25. The summed E-state index contributed by atoms with van der Waals surface area (Å²) in [6.07, 6.45) is 0. The zero-order valence-corrected chi connectivity index (χ0v) is 13.3. The quantitative estimate of drug-likeness (QED) is 0.542. The molecule has 0 atom stereocenters. The van der Waals surface area contributed by atoms with E-state index in [9.17, 15) is 0 Å². The Bertz CT molecular complexity index is 577. The molecule has 0 radical (unpaired) electrons. The smallest absolute Gasteiger partial charge is 0.0764 e. The predicted molar refractivity (Wildman–Crippen MR) is 88.1 cm³/mol. The molecule has 0 aliphatic carbocycles. The third-order valence-corrected chi connectivity index (χ3v) is 3.79. The summed E-state index contributed by atoms with van der Waals surface area (Å²) >= 11 is 14.6. The molecule has 0 saturated heterocycles. The molecule has 3 N–H and O–H groups in total. The lowest BCUT2D eigenvalue weighted by molar-refractivity contribution is 1.42. The van der Waals surface area contributed by atoms with Crippen LogP contribution in [0.15, 0.2) is 30.3 Å². The number of nitrogens with one attached hydrogen (secondary N) is 1. The maximum Gasteiger partial charge on any atom is 0.0764 e. The van der Waals surface area contributed by atoms with Crippen molar-refractivity contribution in [2.75, 3.05) is 11.1 Å². The minimum Gasteiger partial charge on any atom is -0.399 e. The van der Waals surface area contributed by atoms with Crippen LogP contribution in [0.3, 0.4) is 0 Å². The zero-order valence-electron chi connectivity index (χ0n) is 9.60. The lowest BCUT2D eigenvalue weighted by Crippen LogP contribution is -1.97. The molecule has 2 aromatic carbocycles. The highest BCUT2D eigenvalue weighted by molar-refractivity contribution is 14.1. The van der Waals surface area contributed by atoms with Crippen LogP contribution in [0.4, 0.5) is 17.1 Å². The predicted octanol–water partition coefficient (Wildman–Crippen LogP) is 5.23. The highest BCUT2D eigenvalue weighted by Gasteiger charge is 2.09. The van der Waals surface area contributed by atoms with E-state index in [1.165, 1.54) is 0 Å². The van der Waals surface area contributed by atoms with Crippen LogP contribution in [-0.2, 0) is 0 Å². The van der Waals surface area contributed by atoms with Crippen LogP contribution in [0.1, 0.15) is 5.56 Å². The van der Waals surface area contributed by atoms with E-state index < -0.39 is 0 Å². The molecular formula is C13H11Cl2IN2. The average Bonchev–Trinajstić information content (AvgIpc) is 2.28.